The Morgan fingerprint density at radius 3 is 2.23 bits per heavy atom. The van der Waals surface area contributed by atoms with Crippen LogP contribution in [0.1, 0.15) is 16.7 Å². The van der Waals surface area contributed by atoms with Crippen LogP contribution < -0.4 is 9.47 Å². The summed E-state index contributed by atoms with van der Waals surface area (Å²) < 4.78 is 51.9. The van der Waals surface area contributed by atoms with Crippen LogP contribution in [0.4, 0.5) is 4.39 Å². The van der Waals surface area contributed by atoms with Gasteiger partial charge in [0.2, 0.25) is 9.84 Å². The highest BCUT2D eigenvalue weighted by Gasteiger charge is 2.25. The maximum atomic E-state index is 14.2. The van der Waals surface area contributed by atoms with Crippen molar-refractivity contribution in [2.24, 2.45) is 0 Å². The molecule has 6 heteroatoms. The Morgan fingerprint density at radius 2 is 1.61 bits per heavy atom. The molecular formula is C25H23FO4S. The number of sulfone groups is 1. The molecule has 160 valence electrons. The summed E-state index contributed by atoms with van der Waals surface area (Å²) in [7, 11) is -0.983. The minimum atomic E-state index is -4.00. The number of rotatable bonds is 7. The third-order valence-electron chi connectivity index (χ3n) is 4.92. The van der Waals surface area contributed by atoms with E-state index in [0.717, 1.165) is 5.56 Å². The van der Waals surface area contributed by atoms with E-state index in [9.17, 15) is 12.8 Å². The van der Waals surface area contributed by atoms with Gasteiger partial charge in [0.15, 0.2) is 0 Å². The van der Waals surface area contributed by atoms with Crippen LogP contribution in [-0.2, 0) is 9.84 Å². The summed E-state index contributed by atoms with van der Waals surface area (Å²) >= 11 is 0. The standard InChI is InChI=1S/C25H23FO4S/c1-5-24(31(27,28)22-8-6-7-21(16-22)30-4)25(18-10-13-20(29-3)14-11-18)23-15-19(26)12-9-17(23)2/h5-16H,1H2,2-4H3/b25-24+. The van der Waals surface area contributed by atoms with E-state index in [2.05, 4.69) is 6.58 Å². The maximum absolute atomic E-state index is 14.2. The Labute approximate surface area is 182 Å². The molecule has 0 aromatic heterocycles. The summed E-state index contributed by atoms with van der Waals surface area (Å²) in [5.74, 6) is 0.570. The van der Waals surface area contributed by atoms with E-state index >= 15 is 0 Å². The van der Waals surface area contributed by atoms with Gasteiger partial charge < -0.3 is 9.47 Å². The Balaban J connectivity index is 2.38. The molecule has 0 aliphatic heterocycles. The number of methoxy groups -OCH3 is 2. The van der Waals surface area contributed by atoms with Crippen molar-refractivity contribution in [3.8, 4) is 11.5 Å². The van der Waals surface area contributed by atoms with E-state index in [1.807, 2.05) is 0 Å². The molecule has 0 fully saturated rings. The molecule has 3 rings (SSSR count). The van der Waals surface area contributed by atoms with Crippen molar-refractivity contribution in [1.29, 1.82) is 0 Å². The van der Waals surface area contributed by atoms with Gasteiger partial charge >= 0.3 is 0 Å². The van der Waals surface area contributed by atoms with E-state index in [0.29, 0.717) is 28.2 Å². The van der Waals surface area contributed by atoms with Crippen molar-refractivity contribution in [2.45, 2.75) is 11.8 Å². The molecule has 0 N–H and O–H groups in total. The van der Waals surface area contributed by atoms with E-state index in [1.54, 1.807) is 56.5 Å². The van der Waals surface area contributed by atoms with Gasteiger partial charge in [0.05, 0.1) is 24.0 Å². The fraction of sp³-hybridized carbons (Fsp3) is 0.120. The molecule has 0 radical (unpaired) electrons. The molecule has 0 atom stereocenters. The van der Waals surface area contributed by atoms with Gasteiger partial charge in [0.1, 0.15) is 17.3 Å². The summed E-state index contributed by atoms with van der Waals surface area (Å²) in [6, 6.07) is 17.4. The minimum Gasteiger partial charge on any atom is -0.497 e. The molecule has 0 aliphatic rings. The first-order valence-electron chi connectivity index (χ1n) is 9.48. The monoisotopic (exact) mass is 438 g/mol. The zero-order chi connectivity index (χ0) is 22.6. The van der Waals surface area contributed by atoms with Crippen LogP contribution in [0.5, 0.6) is 11.5 Å². The largest absolute Gasteiger partial charge is 0.497 e. The molecule has 0 saturated heterocycles. The molecule has 0 aliphatic carbocycles. The molecule has 0 bridgehead atoms. The SMILES string of the molecule is C=C/C(=C(/c1ccc(OC)cc1)c1cc(F)ccc1C)S(=O)(=O)c1cccc(OC)c1. The normalized spacial score (nSPS) is 12.1. The predicted molar refractivity (Wildman–Crippen MR) is 121 cm³/mol. The molecule has 0 heterocycles. The number of hydrogen-bond acceptors (Lipinski definition) is 4. The molecule has 3 aromatic rings. The van der Waals surface area contributed by atoms with Crippen molar-refractivity contribution in [2.75, 3.05) is 14.2 Å². The number of halogens is 1. The van der Waals surface area contributed by atoms with Crippen molar-refractivity contribution in [1.82, 2.24) is 0 Å². The summed E-state index contributed by atoms with van der Waals surface area (Å²) in [5.41, 5.74) is 2.15. The first kappa shape index (κ1) is 22.3. The van der Waals surface area contributed by atoms with Gasteiger partial charge in [0, 0.05) is 5.57 Å². The van der Waals surface area contributed by atoms with Crippen LogP contribution in [0, 0.1) is 12.7 Å². The van der Waals surface area contributed by atoms with Gasteiger partial charge in [0.25, 0.3) is 0 Å². The average molecular weight is 439 g/mol. The van der Waals surface area contributed by atoms with Crippen LogP contribution in [0.2, 0.25) is 0 Å². The highest BCUT2D eigenvalue weighted by atomic mass is 32.2. The Morgan fingerprint density at radius 1 is 0.935 bits per heavy atom. The van der Waals surface area contributed by atoms with Crippen LogP contribution in [0.15, 0.2) is 89.2 Å². The number of aryl methyl sites for hydroxylation is 1. The van der Waals surface area contributed by atoms with Gasteiger partial charge in [-0.3, -0.25) is 0 Å². The maximum Gasteiger partial charge on any atom is 0.207 e. The smallest absolute Gasteiger partial charge is 0.207 e. The number of ether oxygens (including phenoxy) is 2. The highest BCUT2D eigenvalue weighted by molar-refractivity contribution is 7.95. The lowest BCUT2D eigenvalue weighted by molar-refractivity contribution is 0.413. The van der Waals surface area contributed by atoms with Crippen molar-refractivity contribution < 1.29 is 22.3 Å². The Kier molecular flexibility index (Phi) is 6.61. The van der Waals surface area contributed by atoms with Crippen LogP contribution in [0.25, 0.3) is 5.57 Å². The summed E-state index contributed by atoms with van der Waals surface area (Å²) in [6.07, 6.45) is 1.29. The molecule has 0 spiro atoms. The second kappa shape index (κ2) is 9.18. The first-order chi connectivity index (χ1) is 14.8. The van der Waals surface area contributed by atoms with Crippen molar-refractivity contribution in [3.05, 3.63) is 107 Å². The second-order valence-electron chi connectivity index (χ2n) is 6.81. The topological polar surface area (TPSA) is 52.6 Å². The van der Waals surface area contributed by atoms with E-state index in [-0.39, 0.29) is 9.80 Å². The fourth-order valence-electron chi connectivity index (χ4n) is 3.29. The number of benzene rings is 3. The fourth-order valence-corrected chi connectivity index (χ4v) is 4.79. The summed E-state index contributed by atoms with van der Waals surface area (Å²) in [5, 5.41) is 0. The molecular weight excluding hydrogens is 415 g/mol. The molecule has 31 heavy (non-hydrogen) atoms. The van der Waals surface area contributed by atoms with Crippen molar-refractivity contribution >= 4 is 15.4 Å². The molecule has 4 nitrogen and oxygen atoms in total. The quantitative estimate of drug-likeness (QED) is 0.453. The van der Waals surface area contributed by atoms with Crippen LogP contribution >= 0.6 is 0 Å². The van der Waals surface area contributed by atoms with Gasteiger partial charge in [-0.25, -0.2) is 12.8 Å². The second-order valence-corrected chi connectivity index (χ2v) is 8.73. The molecule has 3 aromatic carbocycles. The average Bonchev–Trinajstić information content (AvgIpc) is 2.79. The van der Waals surface area contributed by atoms with Crippen molar-refractivity contribution in [3.63, 3.8) is 0 Å². The lowest BCUT2D eigenvalue weighted by Gasteiger charge is -2.17. The van der Waals surface area contributed by atoms with Gasteiger partial charge in [-0.05, 0) is 72.2 Å². The lowest BCUT2D eigenvalue weighted by Crippen LogP contribution is -2.08. The van der Waals surface area contributed by atoms with Gasteiger partial charge in [-0.15, -0.1) is 0 Å². The third-order valence-corrected chi connectivity index (χ3v) is 6.74. The first-order valence-corrected chi connectivity index (χ1v) is 11.0. The molecule has 0 amide bonds. The predicted octanol–water partition coefficient (Wildman–Crippen LogP) is 5.57. The molecule has 0 saturated carbocycles. The Bertz CT molecular complexity index is 1240. The summed E-state index contributed by atoms with van der Waals surface area (Å²) in [4.78, 5) is 0.0291. The highest BCUT2D eigenvalue weighted by Crippen LogP contribution is 2.36. The number of hydrogen-bond donors (Lipinski definition) is 0. The van der Waals surface area contributed by atoms with E-state index < -0.39 is 15.7 Å². The zero-order valence-corrected chi connectivity index (χ0v) is 18.4. The lowest BCUT2D eigenvalue weighted by atomic mass is 9.93. The molecule has 0 unspecified atom stereocenters. The number of allylic oxidation sites excluding steroid dienone is 1. The summed E-state index contributed by atoms with van der Waals surface area (Å²) in [6.45, 7) is 5.57. The van der Waals surface area contributed by atoms with E-state index in [4.69, 9.17) is 9.47 Å². The van der Waals surface area contributed by atoms with Crippen LogP contribution in [0.3, 0.4) is 0 Å². The van der Waals surface area contributed by atoms with E-state index in [1.165, 1.54) is 37.5 Å². The Hall–Kier alpha value is -3.38. The van der Waals surface area contributed by atoms with Gasteiger partial charge in [-0.1, -0.05) is 30.8 Å². The zero-order valence-electron chi connectivity index (χ0n) is 17.6. The van der Waals surface area contributed by atoms with Gasteiger partial charge in [-0.2, -0.15) is 0 Å². The van der Waals surface area contributed by atoms with Crippen LogP contribution in [-0.4, -0.2) is 22.6 Å². The third kappa shape index (κ3) is 4.54. The minimum absolute atomic E-state index is 0.0281.